The monoisotopic (exact) mass is 390 g/mol. The van der Waals surface area contributed by atoms with Crippen molar-refractivity contribution in [3.8, 4) is 17.3 Å². The Morgan fingerprint density at radius 1 is 1.14 bits per heavy atom. The molecule has 0 bridgehead atoms. The number of furan rings is 1. The van der Waals surface area contributed by atoms with Crippen LogP contribution < -0.4 is 0 Å². The molecule has 146 valence electrons. The first-order valence-electron chi connectivity index (χ1n) is 8.94. The molecule has 0 unspecified atom stereocenters. The Labute approximate surface area is 166 Å². The van der Waals surface area contributed by atoms with Crippen LogP contribution >= 0.6 is 0 Å². The van der Waals surface area contributed by atoms with Crippen molar-refractivity contribution in [2.45, 2.75) is 20.5 Å². The number of ether oxygens (including phenoxy) is 1. The summed E-state index contributed by atoms with van der Waals surface area (Å²) in [7, 11) is 0. The van der Waals surface area contributed by atoms with Gasteiger partial charge in [-0.2, -0.15) is 5.10 Å². The second-order valence-corrected chi connectivity index (χ2v) is 6.25. The molecule has 3 heterocycles. The van der Waals surface area contributed by atoms with Crippen LogP contribution in [0, 0.1) is 13.8 Å². The Bertz CT molecular complexity index is 1140. The second-order valence-electron chi connectivity index (χ2n) is 6.25. The Balaban J connectivity index is 1.41. The maximum absolute atomic E-state index is 12.1. The molecule has 1 aromatic carbocycles. The van der Waals surface area contributed by atoms with E-state index in [1.807, 2.05) is 48.9 Å². The lowest BCUT2D eigenvalue weighted by Crippen LogP contribution is -2.01. The third-order valence-electron chi connectivity index (χ3n) is 4.27. The fraction of sp³-hybridized carbons (Fsp3) is 0.143. The number of carbonyl (C=O) groups is 1. The van der Waals surface area contributed by atoms with Gasteiger partial charge in [0.15, 0.2) is 12.4 Å². The molecule has 0 aliphatic heterocycles. The summed E-state index contributed by atoms with van der Waals surface area (Å²) in [5.74, 6) is 0.351. The number of benzene rings is 1. The van der Waals surface area contributed by atoms with Gasteiger partial charge in [0.05, 0.1) is 17.6 Å². The fourth-order valence-corrected chi connectivity index (χ4v) is 2.86. The van der Waals surface area contributed by atoms with Crippen LogP contribution in [0.5, 0.6) is 0 Å². The Kier molecular flexibility index (Phi) is 5.07. The van der Waals surface area contributed by atoms with Crippen LogP contribution in [0.25, 0.3) is 23.4 Å². The van der Waals surface area contributed by atoms with Gasteiger partial charge >= 0.3 is 5.97 Å². The summed E-state index contributed by atoms with van der Waals surface area (Å²) in [4.78, 5) is 12.1. The normalized spacial score (nSPS) is 11.2. The van der Waals surface area contributed by atoms with Crippen LogP contribution in [0.1, 0.15) is 22.8 Å². The van der Waals surface area contributed by atoms with E-state index in [0.29, 0.717) is 5.76 Å². The van der Waals surface area contributed by atoms with Gasteiger partial charge in [-0.05, 0) is 44.2 Å². The highest BCUT2D eigenvalue weighted by Gasteiger charge is 2.13. The summed E-state index contributed by atoms with van der Waals surface area (Å²) in [5, 5.41) is 12.2. The van der Waals surface area contributed by atoms with Crippen LogP contribution in [0.3, 0.4) is 0 Å². The summed E-state index contributed by atoms with van der Waals surface area (Å²) in [6.45, 7) is 3.72. The molecule has 0 spiro atoms. The van der Waals surface area contributed by atoms with E-state index in [1.54, 1.807) is 18.2 Å². The third-order valence-corrected chi connectivity index (χ3v) is 4.27. The maximum atomic E-state index is 12.1. The van der Waals surface area contributed by atoms with E-state index in [4.69, 9.17) is 13.6 Å². The Hall–Kier alpha value is -3.94. The maximum Gasteiger partial charge on any atom is 0.331 e. The number of esters is 1. The van der Waals surface area contributed by atoms with Crippen molar-refractivity contribution in [1.82, 2.24) is 20.0 Å². The highest BCUT2D eigenvalue weighted by Crippen LogP contribution is 2.20. The largest absolute Gasteiger partial charge is 0.459 e. The van der Waals surface area contributed by atoms with Gasteiger partial charge in [0, 0.05) is 17.3 Å². The molecule has 0 atom stereocenters. The molecule has 3 aromatic heterocycles. The topological polar surface area (TPSA) is 96.2 Å². The predicted molar refractivity (Wildman–Crippen MR) is 104 cm³/mol. The van der Waals surface area contributed by atoms with E-state index >= 15 is 0 Å². The first-order valence-corrected chi connectivity index (χ1v) is 8.94. The highest BCUT2D eigenvalue weighted by molar-refractivity contribution is 5.87. The zero-order chi connectivity index (χ0) is 20.2. The second kappa shape index (κ2) is 7.97. The zero-order valence-corrected chi connectivity index (χ0v) is 15.9. The fourth-order valence-electron chi connectivity index (χ4n) is 2.86. The van der Waals surface area contributed by atoms with E-state index in [0.717, 1.165) is 22.6 Å². The van der Waals surface area contributed by atoms with Crippen molar-refractivity contribution in [3.05, 3.63) is 77.6 Å². The van der Waals surface area contributed by atoms with Crippen LogP contribution in [0.2, 0.25) is 0 Å². The molecule has 0 saturated heterocycles. The number of carbonyl (C=O) groups excluding carboxylic acids is 1. The van der Waals surface area contributed by atoms with Gasteiger partial charge in [-0.25, -0.2) is 9.48 Å². The first-order chi connectivity index (χ1) is 14.1. The third kappa shape index (κ3) is 4.01. The number of hydrogen-bond acceptors (Lipinski definition) is 7. The SMILES string of the molecule is Cc1nn(-c2ccccc2)c(C)c1/C=C/C(=O)OCc1nnc(-c2ccco2)o1. The lowest BCUT2D eigenvalue weighted by Gasteiger charge is -2.03. The van der Waals surface area contributed by atoms with Gasteiger partial charge < -0.3 is 13.6 Å². The quantitative estimate of drug-likeness (QED) is 0.364. The minimum Gasteiger partial charge on any atom is -0.459 e. The number of rotatable bonds is 6. The van der Waals surface area contributed by atoms with Gasteiger partial charge in [0.25, 0.3) is 11.8 Å². The van der Waals surface area contributed by atoms with E-state index in [-0.39, 0.29) is 18.4 Å². The Morgan fingerprint density at radius 3 is 2.72 bits per heavy atom. The molecule has 0 N–H and O–H groups in total. The summed E-state index contributed by atoms with van der Waals surface area (Å²) in [6.07, 6.45) is 4.56. The number of aryl methyl sites for hydroxylation is 1. The minimum atomic E-state index is -0.519. The van der Waals surface area contributed by atoms with E-state index < -0.39 is 5.97 Å². The molecular weight excluding hydrogens is 372 g/mol. The lowest BCUT2D eigenvalue weighted by molar-refractivity contribution is -0.139. The van der Waals surface area contributed by atoms with Crippen LogP contribution in [0.15, 0.2) is 63.6 Å². The van der Waals surface area contributed by atoms with Crippen molar-refractivity contribution in [3.63, 3.8) is 0 Å². The molecule has 0 aliphatic rings. The summed E-state index contributed by atoms with van der Waals surface area (Å²) in [5.41, 5.74) is 3.57. The summed E-state index contributed by atoms with van der Waals surface area (Å²) < 4.78 is 17.6. The molecule has 4 rings (SSSR count). The van der Waals surface area contributed by atoms with Crippen molar-refractivity contribution in [2.24, 2.45) is 0 Å². The lowest BCUT2D eigenvalue weighted by atomic mass is 10.2. The molecule has 4 aromatic rings. The van der Waals surface area contributed by atoms with Gasteiger partial charge in [0.2, 0.25) is 0 Å². The molecule has 0 amide bonds. The van der Waals surface area contributed by atoms with Crippen LogP contribution in [-0.4, -0.2) is 25.9 Å². The molecule has 8 heteroatoms. The van der Waals surface area contributed by atoms with Crippen molar-refractivity contribution in [1.29, 1.82) is 0 Å². The molecule has 29 heavy (non-hydrogen) atoms. The number of hydrogen-bond donors (Lipinski definition) is 0. The Morgan fingerprint density at radius 2 is 1.97 bits per heavy atom. The smallest absolute Gasteiger partial charge is 0.331 e. The van der Waals surface area contributed by atoms with Crippen LogP contribution in [-0.2, 0) is 16.1 Å². The summed E-state index contributed by atoms with van der Waals surface area (Å²) >= 11 is 0. The van der Waals surface area contributed by atoms with Crippen molar-refractivity contribution < 1.29 is 18.4 Å². The van der Waals surface area contributed by atoms with E-state index in [9.17, 15) is 4.79 Å². The average molecular weight is 390 g/mol. The number of aromatic nitrogens is 4. The molecular formula is C21H18N4O4. The summed E-state index contributed by atoms with van der Waals surface area (Å²) in [6, 6.07) is 13.2. The van der Waals surface area contributed by atoms with Gasteiger partial charge in [-0.15, -0.1) is 10.2 Å². The molecule has 0 fully saturated rings. The number of nitrogens with zero attached hydrogens (tertiary/aromatic N) is 4. The molecule has 8 nitrogen and oxygen atoms in total. The minimum absolute atomic E-state index is 0.127. The average Bonchev–Trinajstić information content (AvgIpc) is 3.47. The van der Waals surface area contributed by atoms with Gasteiger partial charge in [0.1, 0.15) is 0 Å². The van der Waals surface area contributed by atoms with Crippen LogP contribution in [0.4, 0.5) is 0 Å². The molecule has 0 aliphatic carbocycles. The van der Waals surface area contributed by atoms with E-state index in [2.05, 4.69) is 15.3 Å². The van der Waals surface area contributed by atoms with Gasteiger partial charge in [-0.3, -0.25) is 0 Å². The molecule has 0 radical (unpaired) electrons. The molecule has 0 saturated carbocycles. The zero-order valence-electron chi connectivity index (χ0n) is 15.9. The standard InChI is InChI=1S/C21H18N4O4/c1-14-17(15(2)25(24-14)16-7-4-3-5-8-16)10-11-20(26)28-13-19-22-23-21(29-19)18-9-6-12-27-18/h3-12H,13H2,1-2H3/b11-10+. The highest BCUT2D eigenvalue weighted by atomic mass is 16.5. The van der Waals surface area contributed by atoms with E-state index in [1.165, 1.54) is 12.3 Å². The van der Waals surface area contributed by atoms with Crippen molar-refractivity contribution >= 4 is 12.0 Å². The van der Waals surface area contributed by atoms with Gasteiger partial charge in [-0.1, -0.05) is 18.2 Å². The first kappa shape index (κ1) is 18.4. The number of para-hydroxylation sites is 1. The van der Waals surface area contributed by atoms with Crippen molar-refractivity contribution in [2.75, 3.05) is 0 Å². The predicted octanol–water partition coefficient (Wildman–Crippen LogP) is 3.89.